The largest absolute Gasteiger partial charge is 0.467 e. The summed E-state index contributed by atoms with van der Waals surface area (Å²) in [5, 5.41) is 9.32. The van der Waals surface area contributed by atoms with E-state index in [0.717, 1.165) is 4.68 Å². The van der Waals surface area contributed by atoms with E-state index in [9.17, 15) is 18.0 Å². The van der Waals surface area contributed by atoms with E-state index >= 15 is 0 Å². The summed E-state index contributed by atoms with van der Waals surface area (Å²) in [4.78, 5) is 12.0. The molecule has 3 rings (SSSR count). The van der Waals surface area contributed by atoms with Gasteiger partial charge in [0.15, 0.2) is 11.7 Å². The van der Waals surface area contributed by atoms with E-state index in [-0.39, 0.29) is 24.5 Å². The number of fused-ring (bicyclic) bond motifs is 1. The normalized spacial score (nSPS) is 20.0. The van der Waals surface area contributed by atoms with Crippen molar-refractivity contribution in [2.45, 2.75) is 24.7 Å². The molecule has 1 amide bonds. The predicted molar refractivity (Wildman–Crippen MR) is 81.2 cm³/mol. The lowest BCUT2D eigenvalue weighted by Gasteiger charge is -2.32. The number of halogens is 3. The van der Waals surface area contributed by atoms with E-state index in [2.05, 4.69) is 15.7 Å². The highest BCUT2D eigenvalue weighted by Gasteiger charge is 2.47. The molecule has 0 aliphatic carbocycles. The quantitative estimate of drug-likeness (QED) is 0.803. The number of methoxy groups -OCH3 is 1. The molecule has 25 heavy (non-hydrogen) atoms. The molecule has 2 aromatic rings. The molecule has 1 aliphatic rings. The number of hydrogen-bond donors (Lipinski definition) is 2. The molecule has 136 valence electrons. The van der Waals surface area contributed by atoms with Crippen molar-refractivity contribution in [2.24, 2.45) is 0 Å². The van der Waals surface area contributed by atoms with E-state index in [1.807, 2.05) is 0 Å². The Balaban J connectivity index is 1.87. The molecule has 2 N–H and O–H groups in total. The number of carbonyl (C=O) groups excluding carboxylic acids is 1. The fourth-order valence-electron chi connectivity index (χ4n) is 2.72. The minimum atomic E-state index is -4.50. The topological polar surface area (TPSA) is 81.3 Å². The summed E-state index contributed by atoms with van der Waals surface area (Å²) >= 11 is 0. The number of aromatic nitrogens is 2. The van der Waals surface area contributed by atoms with Gasteiger partial charge in [0.2, 0.25) is 0 Å². The van der Waals surface area contributed by atoms with Crippen LogP contribution in [-0.4, -0.2) is 42.1 Å². The highest BCUT2D eigenvalue weighted by Crippen LogP contribution is 2.43. The van der Waals surface area contributed by atoms with Gasteiger partial charge in [-0.2, -0.15) is 18.3 Å². The molecule has 3 heterocycles. The first kappa shape index (κ1) is 17.3. The second-order valence-electron chi connectivity index (χ2n) is 5.61. The highest BCUT2D eigenvalue weighted by molar-refractivity contribution is 5.93. The maximum Gasteiger partial charge on any atom is 0.410 e. The van der Waals surface area contributed by atoms with Gasteiger partial charge in [-0.15, -0.1) is 0 Å². The van der Waals surface area contributed by atoms with Crippen LogP contribution < -0.4 is 10.6 Å². The number of alkyl halides is 3. The lowest BCUT2D eigenvalue weighted by atomic mass is 10.0. The van der Waals surface area contributed by atoms with Crippen molar-refractivity contribution in [1.82, 2.24) is 15.1 Å². The minimum absolute atomic E-state index is 0.0899. The van der Waals surface area contributed by atoms with Crippen LogP contribution in [0.1, 0.15) is 34.8 Å². The Labute approximate surface area is 141 Å². The molecular weight excluding hydrogens is 341 g/mol. The Morgan fingerprint density at radius 1 is 1.56 bits per heavy atom. The molecule has 0 saturated heterocycles. The SMILES string of the molecule is COCCNC(=O)c1cc2n(n1)C(C(F)(F)F)CC(c1ccco1)N2. The van der Waals surface area contributed by atoms with Crippen LogP contribution in [0.3, 0.4) is 0 Å². The van der Waals surface area contributed by atoms with Crippen molar-refractivity contribution in [2.75, 3.05) is 25.6 Å². The molecule has 1 aliphatic heterocycles. The van der Waals surface area contributed by atoms with Gasteiger partial charge in [0, 0.05) is 26.1 Å². The van der Waals surface area contributed by atoms with Crippen molar-refractivity contribution in [3.8, 4) is 0 Å². The first-order chi connectivity index (χ1) is 11.9. The zero-order valence-corrected chi connectivity index (χ0v) is 13.3. The second kappa shape index (κ2) is 6.79. The van der Waals surface area contributed by atoms with Gasteiger partial charge < -0.3 is 19.8 Å². The molecule has 2 aromatic heterocycles. The number of anilines is 1. The Hall–Kier alpha value is -2.49. The van der Waals surface area contributed by atoms with E-state index in [4.69, 9.17) is 9.15 Å². The summed E-state index contributed by atoms with van der Waals surface area (Å²) in [6.45, 7) is 0.534. The summed E-state index contributed by atoms with van der Waals surface area (Å²) in [6, 6.07) is 2.01. The van der Waals surface area contributed by atoms with Gasteiger partial charge in [0.05, 0.1) is 18.9 Å². The third-order valence-electron chi connectivity index (χ3n) is 3.90. The molecule has 2 unspecified atom stereocenters. The van der Waals surface area contributed by atoms with Gasteiger partial charge in [-0.3, -0.25) is 4.79 Å². The van der Waals surface area contributed by atoms with Crippen LogP contribution in [0, 0.1) is 0 Å². The average Bonchev–Trinajstić information content (AvgIpc) is 3.22. The number of carbonyl (C=O) groups is 1. The zero-order chi connectivity index (χ0) is 18.0. The molecule has 7 nitrogen and oxygen atoms in total. The Kier molecular flexibility index (Phi) is 4.71. The number of amides is 1. The summed E-state index contributed by atoms with van der Waals surface area (Å²) in [5.41, 5.74) is -0.0899. The standard InChI is InChI=1S/C15H17F3N4O3/c1-24-6-4-19-14(23)10-8-13-20-9(11-3-2-5-25-11)7-12(15(16,17)18)22(13)21-10/h2-3,5,8-9,12,20H,4,6-7H2,1H3,(H,19,23). The summed E-state index contributed by atoms with van der Waals surface area (Å²) in [5.74, 6) is -0.0455. The molecular formula is C15H17F3N4O3. The number of ether oxygens (including phenoxy) is 1. The monoisotopic (exact) mass is 358 g/mol. The number of rotatable bonds is 5. The van der Waals surface area contributed by atoms with Crippen LogP contribution in [0.25, 0.3) is 0 Å². The van der Waals surface area contributed by atoms with E-state index in [1.165, 1.54) is 19.4 Å². The van der Waals surface area contributed by atoms with Crippen LogP contribution in [0.4, 0.5) is 19.0 Å². The van der Waals surface area contributed by atoms with Crippen LogP contribution in [0.15, 0.2) is 28.9 Å². The number of nitrogens with zero attached hydrogens (tertiary/aromatic N) is 2. The van der Waals surface area contributed by atoms with Crippen LogP contribution in [0.2, 0.25) is 0 Å². The minimum Gasteiger partial charge on any atom is -0.467 e. The molecule has 0 bridgehead atoms. The molecule has 2 atom stereocenters. The van der Waals surface area contributed by atoms with Crippen LogP contribution in [-0.2, 0) is 4.74 Å². The first-order valence-corrected chi connectivity index (χ1v) is 7.63. The van der Waals surface area contributed by atoms with Crippen LogP contribution in [0.5, 0.6) is 0 Å². The average molecular weight is 358 g/mol. The number of hydrogen-bond acceptors (Lipinski definition) is 5. The smallest absolute Gasteiger partial charge is 0.410 e. The van der Waals surface area contributed by atoms with E-state index in [1.54, 1.807) is 12.1 Å². The van der Waals surface area contributed by atoms with Crippen LogP contribution >= 0.6 is 0 Å². The van der Waals surface area contributed by atoms with Gasteiger partial charge in [0.1, 0.15) is 11.6 Å². The Morgan fingerprint density at radius 2 is 2.36 bits per heavy atom. The van der Waals surface area contributed by atoms with Gasteiger partial charge in [-0.1, -0.05) is 0 Å². The van der Waals surface area contributed by atoms with Gasteiger partial charge in [0.25, 0.3) is 5.91 Å². The molecule has 0 aromatic carbocycles. The first-order valence-electron chi connectivity index (χ1n) is 7.63. The summed E-state index contributed by atoms with van der Waals surface area (Å²) in [7, 11) is 1.48. The van der Waals surface area contributed by atoms with Gasteiger partial charge in [-0.25, -0.2) is 4.68 Å². The Morgan fingerprint density at radius 3 is 3.00 bits per heavy atom. The fraction of sp³-hybridized carbons (Fsp3) is 0.467. The van der Waals surface area contributed by atoms with E-state index < -0.39 is 24.2 Å². The molecule has 0 saturated carbocycles. The lowest BCUT2D eigenvalue weighted by Crippen LogP contribution is -2.35. The lowest BCUT2D eigenvalue weighted by molar-refractivity contribution is -0.174. The molecule has 0 spiro atoms. The molecule has 0 fully saturated rings. The Bertz CT molecular complexity index is 727. The number of nitrogens with one attached hydrogen (secondary N) is 2. The maximum absolute atomic E-state index is 13.5. The van der Waals surface area contributed by atoms with Crippen molar-refractivity contribution in [3.63, 3.8) is 0 Å². The molecule has 0 radical (unpaired) electrons. The second-order valence-corrected chi connectivity index (χ2v) is 5.61. The third-order valence-corrected chi connectivity index (χ3v) is 3.90. The predicted octanol–water partition coefficient (Wildman–Crippen LogP) is 2.51. The van der Waals surface area contributed by atoms with Crippen molar-refractivity contribution < 1.29 is 27.1 Å². The van der Waals surface area contributed by atoms with Gasteiger partial charge >= 0.3 is 6.18 Å². The van der Waals surface area contributed by atoms with Crippen molar-refractivity contribution in [3.05, 3.63) is 35.9 Å². The van der Waals surface area contributed by atoms with E-state index in [0.29, 0.717) is 12.4 Å². The summed E-state index contributed by atoms with van der Waals surface area (Å²) < 4.78 is 51.2. The number of furan rings is 1. The van der Waals surface area contributed by atoms with Crippen molar-refractivity contribution in [1.29, 1.82) is 0 Å². The fourth-order valence-corrected chi connectivity index (χ4v) is 2.72. The highest BCUT2D eigenvalue weighted by atomic mass is 19.4. The van der Waals surface area contributed by atoms with Crippen molar-refractivity contribution >= 4 is 11.7 Å². The summed E-state index contributed by atoms with van der Waals surface area (Å²) in [6.07, 6.45) is -3.38. The zero-order valence-electron chi connectivity index (χ0n) is 13.3. The third kappa shape index (κ3) is 3.63. The van der Waals surface area contributed by atoms with Gasteiger partial charge in [-0.05, 0) is 12.1 Å². The molecule has 10 heteroatoms. The maximum atomic E-state index is 13.5.